The summed E-state index contributed by atoms with van der Waals surface area (Å²) in [5.41, 5.74) is 0.845. The zero-order chi connectivity index (χ0) is 24.3. The highest BCUT2D eigenvalue weighted by atomic mass is 35.5. The molecule has 1 heterocycles. The highest BCUT2D eigenvalue weighted by Crippen LogP contribution is 2.37. The van der Waals surface area contributed by atoms with Crippen LogP contribution >= 0.6 is 11.6 Å². The fourth-order valence-electron chi connectivity index (χ4n) is 2.69. The van der Waals surface area contributed by atoms with Crippen LogP contribution in [-0.2, 0) is 10.0 Å². The van der Waals surface area contributed by atoms with Crippen LogP contribution in [0.4, 0.5) is 13.2 Å². The molecule has 0 radical (unpaired) electrons. The number of hydrogen-bond donors (Lipinski definition) is 1. The van der Waals surface area contributed by atoms with Gasteiger partial charge in [-0.05, 0) is 43.3 Å². The van der Waals surface area contributed by atoms with Crippen molar-refractivity contribution < 1.29 is 35.9 Å². The fourth-order valence-corrected chi connectivity index (χ4v) is 3.44. The lowest BCUT2D eigenvalue weighted by Gasteiger charge is -2.13. The third-order valence-electron chi connectivity index (χ3n) is 4.41. The molecule has 0 spiro atoms. The molecule has 0 bridgehead atoms. The summed E-state index contributed by atoms with van der Waals surface area (Å²) in [4.78, 5) is 16.1. The Balaban J connectivity index is 1.92. The first-order valence-electron chi connectivity index (χ1n) is 9.26. The van der Waals surface area contributed by atoms with Crippen LogP contribution in [0.25, 0.3) is 11.1 Å². The van der Waals surface area contributed by atoms with Gasteiger partial charge in [0, 0.05) is 22.9 Å². The molecular formula is C21H16ClF3N2O5S. The van der Waals surface area contributed by atoms with E-state index < -0.39 is 39.1 Å². The second-order valence-electron chi connectivity index (χ2n) is 6.54. The van der Waals surface area contributed by atoms with E-state index in [2.05, 4.69) is 4.98 Å². The SMILES string of the molecule is CCS(=O)(=O)NC(=O)c1ccc(-c2cnc(Oc3c(F)ccc(F)c3F)c(Cl)c2)c(OC)c1. The summed E-state index contributed by atoms with van der Waals surface area (Å²) >= 11 is 6.14. The van der Waals surface area contributed by atoms with Gasteiger partial charge >= 0.3 is 0 Å². The number of halogens is 4. The Labute approximate surface area is 192 Å². The van der Waals surface area contributed by atoms with E-state index >= 15 is 0 Å². The number of rotatable bonds is 7. The van der Waals surface area contributed by atoms with E-state index in [1.807, 2.05) is 4.72 Å². The normalized spacial score (nSPS) is 11.2. The summed E-state index contributed by atoms with van der Waals surface area (Å²) in [6.45, 7) is 1.39. The average Bonchev–Trinajstić information content (AvgIpc) is 2.79. The summed E-state index contributed by atoms with van der Waals surface area (Å²) in [6.07, 6.45) is 1.26. The molecule has 3 aromatic rings. The van der Waals surface area contributed by atoms with Crippen LogP contribution in [0, 0.1) is 17.5 Å². The molecule has 0 aliphatic heterocycles. The predicted molar refractivity (Wildman–Crippen MR) is 115 cm³/mol. The van der Waals surface area contributed by atoms with Gasteiger partial charge in [-0.15, -0.1) is 0 Å². The number of sulfonamides is 1. The number of pyridine rings is 1. The standard InChI is InChI=1S/C21H16ClF3N2O5S/c1-3-33(29,30)27-20(28)11-4-5-13(17(9-11)31-2)12-8-14(22)21(26-10-12)32-19-16(24)7-6-15(23)18(19)25/h4-10H,3H2,1-2H3,(H,27,28). The van der Waals surface area contributed by atoms with Gasteiger partial charge in [0.1, 0.15) is 10.8 Å². The van der Waals surface area contributed by atoms with Crippen molar-refractivity contribution in [2.75, 3.05) is 12.9 Å². The molecule has 33 heavy (non-hydrogen) atoms. The van der Waals surface area contributed by atoms with E-state index in [1.54, 1.807) is 0 Å². The number of hydrogen-bond acceptors (Lipinski definition) is 6. The Morgan fingerprint density at radius 3 is 2.45 bits per heavy atom. The van der Waals surface area contributed by atoms with Crippen molar-refractivity contribution in [1.29, 1.82) is 0 Å². The second kappa shape index (κ2) is 9.67. The van der Waals surface area contributed by atoms with Crippen LogP contribution in [0.15, 0.2) is 42.6 Å². The van der Waals surface area contributed by atoms with Gasteiger partial charge in [-0.25, -0.2) is 26.9 Å². The molecule has 174 valence electrons. The van der Waals surface area contributed by atoms with Crippen molar-refractivity contribution in [2.24, 2.45) is 0 Å². The molecule has 3 rings (SSSR count). The molecule has 0 unspecified atom stereocenters. The van der Waals surface area contributed by atoms with Crippen LogP contribution in [0.3, 0.4) is 0 Å². The number of ether oxygens (including phenoxy) is 2. The fraction of sp³-hybridized carbons (Fsp3) is 0.143. The molecule has 1 amide bonds. The number of amides is 1. The van der Waals surface area contributed by atoms with Gasteiger partial charge in [0.2, 0.25) is 27.5 Å². The van der Waals surface area contributed by atoms with Gasteiger partial charge in [0.05, 0.1) is 12.9 Å². The number of nitrogens with zero attached hydrogens (tertiary/aromatic N) is 1. The van der Waals surface area contributed by atoms with Crippen molar-refractivity contribution in [1.82, 2.24) is 9.71 Å². The monoisotopic (exact) mass is 500 g/mol. The number of aromatic nitrogens is 1. The lowest BCUT2D eigenvalue weighted by Crippen LogP contribution is -2.31. The van der Waals surface area contributed by atoms with Gasteiger partial charge in [-0.1, -0.05) is 11.6 Å². The molecule has 2 aromatic carbocycles. The largest absolute Gasteiger partial charge is 0.496 e. The smallest absolute Gasteiger partial charge is 0.264 e. The summed E-state index contributed by atoms with van der Waals surface area (Å²) in [6, 6.07) is 6.85. The first-order valence-corrected chi connectivity index (χ1v) is 11.3. The maximum Gasteiger partial charge on any atom is 0.264 e. The molecule has 0 atom stereocenters. The molecule has 1 aromatic heterocycles. The molecule has 1 N–H and O–H groups in total. The van der Waals surface area contributed by atoms with Crippen LogP contribution in [-0.4, -0.2) is 32.2 Å². The van der Waals surface area contributed by atoms with Crippen molar-refractivity contribution >= 4 is 27.5 Å². The Morgan fingerprint density at radius 1 is 1.12 bits per heavy atom. The third-order valence-corrected chi connectivity index (χ3v) is 5.94. The minimum atomic E-state index is -3.75. The lowest BCUT2D eigenvalue weighted by molar-refractivity contribution is 0.0981. The molecule has 0 aliphatic rings. The number of nitrogens with one attached hydrogen (secondary N) is 1. The highest BCUT2D eigenvalue weighted by Gasteiger charge is 2.20. The first kappa shape index (κ1) is 24.3. The summed E-state index contributed by atoms with van der Waals surface area (Å²) in [7, 11) is -2.41. The Kier molecular flexibility index (Phi) is 7.13. The zero-order valence-corrected chi connectivity index (χ0v) is 18.7. The van der Waals surface area contributed by atoms with Gasteiger partial charge in [-0.3, -0.25) is 4.79 Å². The van der Waals surface area contributed by atoms with E-state index in [0.29, 0.717) is 23.3 Å². The molecule has 0 saturated heterocycles. The summed E-state index contributed by atoms with van der Waals surface area (Å²) < 4.78 is 76.6. The molecule has 12 heteroatoms. The quantitative estimate of drug-likeness (QED) is 0.473. The van der Waals surface area contributed by atoms with Crippen LogP contribution in [0.1, 0.15) is 17.3 Å². The lowest BCUT2D eigenvalue weighted by atomic mass is 10.0. The van der Waals surface area contributed by atoms with E-state index in [-0.39, 0.29) is 28.0 Å². The summed E-state index contributed by atoms with van der Waals surface area (Å²) in [5, 5.41) is -0.145. The average molecular weight is 501 g/mol. The number of methoxy groups -OCH3 is 1. The maximum absolute atomic E-state index is 13.9. The Hall–Kier alpha value is -3.31. The topological polar surface area (TPSA) is 94.6 Å². The van der Waals surface area contributed by atoms with Crippen molar-refractivity contribution in [3.63, 3.8) is 0 Å². The predicted octanol–water partition coefficient (Wildman–Crippen LogP) is 4.70. The number of benzene rings is 2. The van der Waals surface area contributed by atoms with Crippen molar-refractivity contribution in [3.05, 3.63) is 70.6 Å². The van der Waals surface area contributed by atoms with E-state index in [4.69, 9.17) is 21.1 Å². The molecule has 0 saturated carbocycles. The maximum atomic E-state index is 13.9. The molecule has 0 fully saturated rings. The van der Waals surface area contributed by atoms with Gasteiger partial charge in [0.15, 0.2) is 11.6 Å². The zero-order valence-electron chi connectivity index (χ0n) is 17.2. The Bertz CT molecular complexity index is 1340. The minimum Gasteiger partial charge on any atom is -0.496 e. The summed E-state index contributed by atoms with van der Waals surface area (Å²) in [5.74, 6) is -6.24. The van der Waals surface area contributed by atoms with Gasteiger partial charge in [-0.2, -0.15) is 4.39 Å². The van der Waals surface area contributed by atoms with E-state index in [1.165, 1.54) is 44.5 Å². The van der Waals surface area contributed by atoms with Crippen LogP contribution in [0.5, 0.6) is 17.4 Å². The van der Waals surface area contributed by atoms with Crippen LogP contribution < -0.4 is 14.2 Å². The molecular weight excluding hydrogens is 485 g/mol. The third kappa shape index (κ3) is 5.37. The minimum absolute atomic E-state index is 0.0312. The number of carbonyl (C=O) groups excluding carboxylic acids is 1. The number of carbonyl (C=O) groups is 1. The van der Waals surface area contributed by atoms with Crippen LogP contribution in [0.2, 0.25) is 5.02 Å². The van der Waals surface area contributed by atoms with E-state index in [0.717, 1.165) is 0 Å². The molecule has 7 nitrogen and oxygen atoms in total. The Morgan fingerprint density at radius 2 is 1.82 bits per heavy atom. The second-order valence-corrected chi connectivity index (χ2v) is 8.95. The van der Waals surface area contributed by atoms with Gasteiger partial charge in [0.25, 0.3) is 5.91 Å². The van der Waals surface area contributed by atoms with E-state index in [9.17, 15) is 26.4 Å². The molecule has 0 aliphatic carbocycles. The van der Waals surface area contributed by atoms with Crippen molar-refractivity contribution in [3.8, 4) is 28.5 Å². The highest BCUT2D eigenvalue weighted by molar-refractivity contribution is 7.90. The van der Waals surface area contributed by atoms with Gasteiger partial charge < -0.3 is 9.47 Å². The van der Waals surface area contributed by atoms with Crippen molar-refractivity contribution in [2.45, 2.75) is 6.92 Å². The first-order chi connectivity index (χ1) is 15.6.